The van der Waals surface area contributed by atoms with Crippen molar-refractivity contribution in [3.63, 3.8) is 0 Å². The molecule has 2 aliphatic rings. The van der Waals surface area contributed by atoms with Crippen molar-refractivity contribution in [2.75, 3.05) is 23.3 Å². The number of anilines is 2. The Hall–Kier alpha value is -3.03. The van der Waals surface area contributed by atoms with E-state index in [0.29, 0.717) is 23.4 Å². The summed E-state index contributed by atoms with van der Waals surface area (Å²) in [5, 5.41) is 2.53. The number of alkyl halides is 3. The number of carbonyl (C=O) groups excluding carboxylic acids is 2. The Morgan fingerprint density at radius 2 is 1.97 bits per heavy atom. The highest BCUT2D eigenvalue weighted by Gasteiger charge is 2.38. The Bertz CT molecular complexity index is 990. The number of nitrogens with one attached hydrogen (secondary N) is 1. The molecule has 5 nitrogen and oxygen atoms in total. The van der Waals surface area contributed by atoms with Crippen molar-refractivity contribution in [3.8, 4) is 0 Å². The fourth-order valence-corrected chi connectivity index (χ4v) is 4.24. The third-order valence-electron chi connectivity index (χ3n) is 5.68. The topological polar surface area (TPSA) is 52.7 Å². The van der Waals surface area contributed by atoms with Crippen LogP contribution in [0.4, 0.5) is 24.5 Å². The van der Waals surface area contributed by atoms with Gasteiger partial charge in [0.2, 0.25) is 0 Å². The summed E-state index contributed by atoms with van der Waals surface area (Å²) in [6.07, 6.45) is -1.62. The Morgan fingerprint density at radius 3 is 2.70 bits per heavy atom. The predicted molar refractivity (Wildman–Crippen MR) is 108 cm³/mol. The maximum absolute atomic E-state index is 12.9. The van der Waals surface area contributed by atoms with Crippen LogP contribution in [0, 0.1) is 0 Å². The zero-order chi connectivity index (χ0) is 21.5. The third kappa shape index (κ3) is 3.62. The molecule has 1 fully saturated rings. The van der Waals surface area contributed by atoms with Gasteiger partial charge in [-0.1, -0.05) is 6.07 Å². The molecule has 4 rings (SSSR count). The van der Waals surface area contributed by atoms with Crippen molar-refractivity contribution in [3.05, 3.63) is 59.2 Å². The Labute approximate surface area is 172 Å². The van der Waals surface area contributed by atoms with Crippen molar-refractivity contribution in [1.82, 2.24) is 4.90 Å². The van der Waals surface area contributed by atoms with E-state index in [1.54, 1.807) is 12.1 Å². The number of benzene rings is 2. The number of amides is 2. The second-order valence-electron chi connectivity index (χ2n) is 7.53. The first-order valence-electron chi connectivity index (χ1n) is 10.00. The highest BCUT2D eigenvalue weighted by atomic mass is 19.4. The Kier molecular flexibility index (Phi) is 5.17. The number of piperidine rings is 1. The molecular weight excluding hydrogens is 395 g/mol. The lowest BCUT2D eigenvalue weighted by molar-refractivity contribution is -0.137. The first-order chi connectivity index (χ1) is 14.3. The first kappa shape index (κ1) is 20.3. The van der Waals surface area contributed by atoms with Gasteiger partial charge in [0.15, 0.2) is 0 Å². The Balaban J connectivity index is 1.63. The van der Waals surface area contributed by atoms with E-state index in [-0.39, 0.29) is 17.8 Å². The SMILES string of the molecule is CCN1c2cc(C(=O)Nc3cccc(C(F)(F)F)c3)ccc2C(=O)N2CCCCC21. The average Bonchev–Trinajstić information content (AvgIpc) is 2.73. The number of hydrogen-bond acceptors (Lipinski definition) is 3. The third-order valence-corrected chi connectivity index (χ3v) is 5.68. The number of halogens is 3. The molecule has 2 aliphatic heterocycles. The molecule has 2 heterocycles. The van der Waals surface area contributed by atoms with Gasteiger partial charge in [0.25, 0.3) is 11.8 Å². The van der Waals surface area contributed by atoms with Crippen molar-refractivity contribution in [2.45, 2.75) is 38.5 Å². The molecule has 1 N–H and O–H groups in total. The van der Waals surface area contributed by atoms with Crippen LogP contribution in [-0.4, -0.2) is 36.0 Å². The van der Waals surface area contributed by atoms with Crippen molar-refractivity contribution >= 4 is 23.2 Å². The lowest BCUT2D eigenvalue weighted by atomic mass is 9.97. The molecule has 0 aliphatic carbocycles. The molecular formula is C22H22F3N3O2. The second-order valence-corrected chi connectivity index (χ2v) is 7.53. The summed E-state index contributed by atoms with van der Waals surface area (Å²) in [5.41, 5.74) is 0.773. The number of rotatable bonds is 3. The number of fused-ring (bicyclic) bond motifs is 2. The monoisotopic (exact) mass is 417 g/mol. The average molecular weight is 417 g/mol. The molecule has 1 unspecified atom stereocenters. The van der Waals surface area contributed by atoms with Crippen LogP contribution in [-0.2, 0) is 6.18 Å². The molecule has 1 saturated heterocycles. The molecule has 0 aromatic heterocycles. The van der Waals surface area contributed by atoms with Crippen molar-refractivity contribution in [2.24, 2.45) is 0 Å². The van der Waals surface area contributed by atoms with Gasteiger partial charge in [-0.2, -0.15) is 13.2 Å². The predicted octanol–water partition coefficient (Wildman–Crippen LogP) is 4.75. The van der Waals surface area contributed by atoms with Gasteiger partial charge in [0.1, 0.15) is 6.17 Å². The summed E-state index contributed by atoms with van der Waals surface area (Å²) >= 11 is 0. The largest absolute Gasteiger partial charge is 0.416 e. The quantitative estimate of drug-likeness (QED) is 0.784. The summed E-state index contributed by atoms with van der Waals surface area (Å²) in [6.45, 7) is 3.40. The minimum absolute atomic E-state index is 0.0227. The molecule has 2 aromatic carbocycles. The fourth-order valence-electron chi connectivity index (χ4n) is 4.24. The highest BCUT2D eigenvalue weighted by Crippen LogP contribution is 2.36. The summed E-state index contributed by atoms with van der Waals surface area (Å²) in [6, 6.07) is 9.34. The van der Waals surface area contributed by atoms with Gasteiger partial charge in [-0.15, -0.1) is 0 Å². The van der Waals surface area contributed by atoms with Gasteiger partial charge < -0.3 is 15.1 Å². The molecule has 0 bridgehead atoms. The summed E-state index contributed by atoms with van der Waals surface area (Å²) in [4.78, 5) is 29.6. The van der Waals surface area contributed by atoms with E-state index in [9.17, 15) is 22.8 Å². The van der Waals surface area contributed by atoms with Gasteiger partial charge in [-0.25, -0.2) is 0 Å². The van der Waals surface area contributed by atoms with Gasteiger partial charge in [-0.05, 0) is 62.6 Å². The molecule has 0 radical (unpaired) electrons. The zero-order valence-electron chi connectivity index (χ0n) is 16.5. The van der Waals surface area contributed by atoms with E-state index in [2.05, 4.69) is 10.2 Å². The molecule has 0 spiro atoms. The summed E-state index contributed by atoms with van der Waals surface area (Å²) in [5.74, 6) is -0.559. The van der Waals surface area contributed by atoms with Gasteiger partial charge in [-0.3, -0.25) is 9.59 Å². The van der Waals surface area contributed by atoms with Crippen LogP contribution in [0.1, 0.15) is 52.5 Å². The van der Waals surface area contributed by atoms with E-state index >= 15 is 0 Å². The maximum Gasteiger partial charge on any atom is 0.416 e. The molecule has 2 amide bonds. The fraction of sp³-hybridized carbons (Fsp3) is 0.364. The molecule has 2 aromatic rings. The smallest absolute Gasteiger partial charge is 0.351 e. The van der Waals surface area contributed by atoms with Crippen LogP contribution >= 0.6 is 0 Å². The zero-order valence-corrected chi connectivity index (χ0v) is 16.5. The number of nitrogens with zero attached hydrogens (tertiary/aromatic N) is 2. The van der Waals surface area contributed by atoms with Crippen LogP contribution in [0.15, 0.2) is 42.5 Å². The van der Waals surface area contributed by atoms with E-state index in [1.165, 1.54) is 18.2 Å². The van der Waals surface area contributed by atoms with Gasteiger partial charge in [0, 0.05) is 24.3 Å². The highest BCUT2D eigenvalue weighted by molar-refractivity contribution is 6.08. The van der Waals surface area contributed by atoms with E-state index in [4.69, 9.17) is 0 Å². The van der Waals surface area contributed by atoms with E-state index in [1.807, 2.05) is 11.8 Å². The van der Waals surface area contributed by atoms with Crippen molar-refractivity contribution < 1.29 is 22.8 Å². The van der Waals surface area contributed by atoms with Gasteiger partial charge >= 0.3 is 6.18 Å². The lowest BCUT2D eigenvalue weighted by Gasteiger charge is -2.47. The molecule has 8 heteroatoms. The Morgan fingerprint density at radius 1 is 1.17 bits per heavy atom. The van der Waals surface area contributed by atoms with E-state index in [0.717, 1.165) is 37.9 Å². The maximum atomic E-state index is 12.9. The molecule has 0 saturated carbocycles. The molecule has 30 heavy (non-hydrogen) atoms. The molecule has 158 valence electrons. The van der Waals surface area contributed by atoms with Crippen LogP contribution in [0.3, 0.4) is 0 Å². The lowest BCUT2D eigenvalue weighted by Crippen LogP contribution is -2.57. The minimum atomic E-state index is -4.49. The van der Waals surface area contributed by atoms with Crippen LogP contribution in [0.25, 0.3) is 0 Å². The summed E-state index contributed by atoms with van der Waals surface area (Å²) in [7, 11) is 0. The number of carbonyl (C=O) groups is 2. The standard InChI is InChI=1S/C22H22F3N3O2/c1-2-27-18-12-14(9-10-17(18)21(30)28-11-4-3-8-19(27)28)20(29)26-16-7-5-6-15(13-16)22(23,24)25/h5-7,9-10,12-13,19H,2-4,8,11H2,1H3,(H,26,29). The summed E-state index contributed by atoms with van der Waals surface area (Å²) < 4.78 is 38.8. The van der Waals surface area contributed by atoms with Crippen LogP contribution < -0.4 is 10.2 Å². The van der Waals surface area contributed by atoms with Crippen LogP contribution in [0.5, 0.6) is 0 Å². The molecule has 1 atom stereocenters. The normalized spacial score (nSPS) is 18.7. The van der Waals surface area contributed by atoms with E-state index < -0.39 is 17.6 Å². The van der Waals surface area contributed by atoms with Gasteiger partial charge in [0.05, 0.1) is 16.8 Å². The first-order valence-corrected chi connectivity index (χ1v) is 10.00. The minimum Gasteiger partial charge on any atom is -0.351 e. The second kappa shape index (κ2) is 7.66. The number of hydrogen-bond donors (Lipinski definition) is 1. The van der Waals surface area contributed by atoms with Crippen LogP contribution in [0.2, 0.25) is 0 Å². The van der Waals surface area contributed by atoms with Crippen molar-refractivity contribution in [1.29, 1.82) is 0 Å².